The van der Waals surface area contributed by atoms with Gasteiger partial charge in [0, 0.05) is 0 Å². The zero-order chi connectivity index (χ0) is 9.23. The molecule has 11 heavy (non-hydrogen) atoms. The molecule has 0 aromatic carbocycles. The van der Waals surface area contributed by atoms with Crippen molar-refractivity contribution in [2.24, 2.45) is 5.41 Å². The molecule has 4 heteroatoms. The van der Waals surface area contributed by atoms with Crippen LogP contribution in [0.5, 0.6) is 0 Å². The number of carboxylic acids is 1. The molecule has 0 spiro atoms. The van der Waals surface area contributed by atoms with E-state index in [4.69, 9.17) is 10.2 Å². The van der Waals surface area contributed by atoms with Gasteiger partial charge < -0.3 is 15.3 Å². The Hall–Kier alpha value is -0.610. The highest BCUT2D eigenvalue weighted by atomic mass is 16.4. The normalized spacial score (nSPS) is 17.5. The fourth-order valence-corrected chi connectivity index (χ4v) is 0.609. The number of aliphatic hydroxyl groups excluding tert-OH is 2. The Kier molecular flexibility index (Phi) is 3.02. The molecule has 0 fully saturated rings. The van der Waals surface area contributed by atoms with Crippen LogP contribution < -0.4 is 0 Å². The lowest BCUT2D eigenvalue weighted by atomic mass is 9.86. The van der Waals surface area contributed by atoms with Crippen LogP contribution in [0.15, 0.2) is 0 Å². The number of hydrogen-bond donors (Lipinski definition) is 3. The van der Waals surface area contributed by atoms with Crippen LogP contribution in [-0.4, -0.2) is 33.5 Å². The molecule has 0 radical (unpaired) electrons. The Balaban J connectivity index is 4.25. The number of carboxylic acid groups (broad SMARTS) is 1. The fraction of sp³-hybridized carbons (Fsp3) is 0.857. The summed E-state index contributed by atoms with van der Waals surface area (Å²) in [4.78, 5) is 10.2. The standard InChI is InChI=1S/C7H14O4/c1-7(2,3)5(9)4(8)6(10)11/h4-5,8-9H,1-3H3,(H,10,11). The van der Waals surface area contributed by atoms with Gasteiger partial charge in [-0.05, 0) is 5.41 Å². The lowest BCUT2D eigenvalue weighted by molar-refractivity contribution is -0.157. The van der Waals surface area contributed by atoms with Crippen molar-refractivity contribution in [3.63, 3.8) is 0 Å². The van der Waals surface area contributed by atoms with Crippen molar-refractivity contribution in [2.75, 3.05) is 0 Å². The summed E-state index contributed by atoms with van der Waals surface area (Å²) in [5.41, 5.74) is -0.613. The minimum absolute atomic E-state index is 0.613. The van der Waals surface area contributed by atoms with Crippen LogP contribution in [0.2, 0.25) is 0 Å². The van der Waals surface area contributed by atoms with E-state index in [1.54, 1.807) is 20.8 Å². The fourth-order valence-electron chi connectivity index (χ4n) is 0.609. The monoisotopic (exact) mass is 162 g/mol. The van der Waals surface area contributed by atoms with Gasteiger partial charge in [0.05, 0.1) is 6.10 Å². The molecule has 0 saturated carbocycles. The first kappa shape index (κ1) is 10.4. The van der Waals surface area contributed by atoms with Gasteiger partial charge in [-0.2, -0.15) is 0 Å². The summed E-state index contributed by atoms with van der Waals surface area (Å²) in [6.07, 6.45) is -2.94. The first-order chi connectivity index (χ1) is 4.76. The van der Waals surface area contributed by atoms with Gasteiger partial charge >= 0.3 is 5.97 Å². The van der Waals surface area contributed by atoms with E-state index in [1.807, 2.05) is 0 Å². The van der Waals surface area contributed by atoms with Crippen LogP contribution in [0, 0.1) is 5.41 Å². The van der Waals surface area contributed by atoms with Crippen LogP contribution >= 0.6 is 0 Å². The number of aliphatic carboxylic acids is 1. The van der Waals surface area contributed by atoms with Gasteiger partial charge in [-0.1, -0.05) is 20.8 Å². The van der Waals surface area contributed by atoms with Gasteiger partial charge in [0.25, 0.3) is 0 Å². The highest BCUT2D eigenvalue weighted by molar-refractivity contribution is 5.72. The second-order valence-corrected chi connectivity index (χ2v) is 3.59. The molecule has 0 heterocycles. The third kappa shape index (κ3) is 2.86. The highest BCUT2D eigenvalue weighted by Gasteiger charge is 2.33. The van der Waals surface area contributed by atoms with E-state index >= 15 is 0 Å². The third-order valence-corrected chi connectivity index (χ3v) is 1.44. The Labute approximate surface area is 65.5 Å². The topological polar surface area (TPSA) is 77.8 Å². The summed E-state index contributed by atoms with van der Waals surface area (Å²) in [5.74, 6) is -1.40. The van der Waals surface area contributed by atoms with Crippen molar-refractivity contribution in [1.82, 2.24) is 0 Å². The van der Waals surface area contributed by atoms with Crippen LogP contribution in [0.3, 0.4) is 0 Å². The third-order valence-electron chi connectivity index (χ3n) is 1.44. The van der Waals surface area contributed by atoms with Crippen molar-refractivity contribution >= 4 is 5.97 Å². The molecular weight excluding hydrogens is 148 g/mol. The Bertz CT molecular complexity index is 147. The second-order valence-electron chi connectivity index (χ2n) is 3.59. The van der Waals surface area contributed by atoms with E-state index in [2.05, 4.69) is 0 Å². The van der Waals surface area contributed by atoms with Gasteiger partial charge in [-0.25, -0.2) is 4.79 Å². The summed E-state index contributed by atoms with van der Waals surface area (Å²) in [6.45, 7) is 4.97. The van der Waals surface area contributed by atoms with Crippen molar-refractivity contribution in [1.29, 1.82) is 0 Å². The summed E-state index contributed by atoms with van der Waals surface area (Å²) < 4.78 is 0. The molecule has 0 aliphatic heterocycles. The minimum atomic E-state index is -1.70. The van der Waals surface area contributed by atoms with Crippen LogP contribution in [0.25, 0.3) is 0 Å². The molecule has 0 aromatic rings. The summed E-state index contributed by atoms with van der Waals surface area (Å²) >= 11 is 0. The zero-order valence-corrected chi connectivity index (χ0v) is 6.90. The molecule has 2 atom stereocenters. The van der Waals surface area contributed by atoms with Gasteiger partial charge in [0.15, 0.2) is 6.10 Å². The largest absolute Gasteiger partial charge is 0.479 e. The zero-order valence-electron chi connectivity index (χ0n) is 6.90. The van der Waals surface area contributed by atoms with E-state index in [1.165, 1.54) is 0 Å². The molecule has 0 amide bonds. The summed E-state index contributed by atoms with van der Waals surface area (Å²) in [7, 11) is 0. The van der Waals surface area contributed by atoms with Crippen LogP contribution in [-0.2, 0) is 4.79 Å². The lowest BCUT2D eigenvalue weighted by Crippen LogP contribution is -2.42. The average Bonchev–Trinajstić information content (AvgIpc) is 1.82. The molecule has 0 bridgehead atoms. The molecule has 2 unspecified atom stereocenters. The predicted molar refractivity (Wildman–Crippen MR) is 39.1 cm³/mol. The SMILES string of the molecule is CC(C)(C)C(O)C(O)C(=O)O. The molecule has 0 aliphatic rings. The van der Waals surface area contributed by atoms with E-state index in [-0.39, 0.29) is 0 Å². The van der Waals surface area contributed by atoms with Crippen molar-refractivity contribution in [2.45, 2.75) is 33.0 Å². The molecule has 3 N–H and O–H groups in total. The smallest absolute Gasteiger partial charge is 0.335 e. The molecule has 0 saturated heterocycles. The summed E-state index contributed by atoms with van der Waals surface area (Å²) in [6, 6.07) is 0. The highest BCUT2D eigenvalue weighted by Crippen LogP contribution is 2.21. The van der Waals surface area contributed by atoms with Crippen LogP contribution in [0.4, 0.5) is 0 Å². The quantitative estimate of drug-likeness (QED) is 0.527. The first-order valence-electron chi connectivity index (χ1n) is 3.35. The number of rotatable bonds is 2. The average molecular weight is 162 g/mol. The molecule has 4 nitrogen and oxygen atoms in total. The maximum absolute atomic E-state index is 10.2. The maximum atomic E-state index is 10.2. The molecular formula is C7H14O4. The molecule has 0 rings (SSSR count). The first-order valence-corrected chi connectivity index (χ1v) is 3.35. The van der Waals surface area contributed by atoms with Gasteiger partial charge in [0.2, 0.25) is 0 Å². The van der Waals surface area contributed by atoms with Crippen LogP contribution in [0.1, 0.15) is 20.8 Å². The van der Waals surface area contributed by atoms with Gasteiger partial charge in [-0.15, -0.1) is 0 Å². The Morgan fingerprint density at radius 2 is 1.64 bits per heavy atom. The van der Waals surface area contributed by atoms with Crippen molar-refractivity contribution < 1.29 is 20.1 Å². The van der Waals surface area contributed by atoms with Crippen molar-refractivity contribution in [3.8, 4) is 0 Å². The lowest BCUT2D eigenvalue weighted by Gasteiger charge is -2.27. The molecule has 0 aromatic heterocycles. The second kappa shape index (κ2) is 3.19. The van der Waals surface area contributed by atoms with Gasteiger partial charge in [0.1, 0.15) is 0 Å². The summed E-state index contributed by atoms with van der Waals surface area (Å²) in [5, 5.41) is 26.4. The molecule has 66 valence electrons. The van der Waals surface area contributed by atoms with E-state index in [0.29, 0.717) is 0 Å². The minimum Gasteiger partial charge on any atom is -0.479 e. The molecule has 0 aliphatic carbocycles. The van der Waals surface area contributed by atoms with Gasteiger partial charge in [-0.3, -0.25) is 0 Å². The van der Waals surface area contributed by atoms with Crippen molar-refractivity contribution in [3.05, 3.63) is 0 Å². The van der Waals surface area contributed by atoms with E-state index < -0.39 is 23.6 Å². The predicted octanol–water partition coefficient (Wildman–Crippen LogP) is -0.161. The number of carbonyl (C=O) groups is 1. The number of aliphatic hydroxyl groups is 2. The number of hydrogen-bond acceptors (Lipinski definition) is 3. The Morgan fingerprint density at radius 1 is 1.27 bits per heavy atom. The van der Waals surface area contributed by atoms with E-state index in [9.17, 15) is 9.90 Å². The maximum Gasteiger partial charge on any atom is 0.335 e. The Morgan fingerprint density at radius 3 is 1.73 bits per heavy atom. The van der Waals surface area contributed by atoms with E-state index in [0.717, 1.165) is 0 Å².